The molecule has 0 unspecified atom stereocenters. The molecule has 1 heterocycles. The Bertz CT molecular complexity index is 701. The highest BCUT2D eigenvalue weighted by Crippen LogP contribution is 2.19. The van der Waals surface area contributed by atoms with Crippen molar-refractivity contribution in [2.24, 2.45) is 0 Å². The Morgan fingerprint density at radius 3 is 2.47 bits per heavy atom. The smallest absolute Gasteiger partial charge is 0.123 e. The summed E-state index contributed by atoms with van der Waals surface area (Å²) in [4.78, 5) is 0. The maximum atomic E-state index is 12.9. The number of hydrogen-bond acceptors (Lipinski definition) is 2. The summed E-state index contributed by atoms with van der Waals surface area (Å²) in [5.74, 6) is -0.255. The largest absolute Gasteiger partial charge is 0.220 e. The van der Waals surface area contributed by atoms with E-state index in [0.29, 0.717) is 0 Å². The maximum Gasteiger partial charge on any atom is 0.123 e. The molecule has 1 aromatic heterocycles. The fraction of sp³-hybridized carbons (Fsp3) is 0.0667. The molecule has 0 spiro atoms. The van der Waals surface area contributed by atoms with Crippen molar-refractivity contribution in [2.45, 2.75) is 6.92 Å². The first-order valence-electron chi connectivity index (χ1n) is 5.98. The molecule has 3 aromatic rings. The van der Waals surface area contributed by atoms with E-state index >= 15 is 0 Å². The van der Waals surface area contributed by atoms with Crippen LogP contribution >= 0.6 is 0 Å². The molecule has 3 nitrogen and oxygen atoms in total. The van der Waals surface area contributed by atoms with Gasteiger partial charge in [0.25, 0.3) is 0 Å². The average Bonchev–Trinajstić information content (AvgIpc) is 2.89. The first kappa shape index (κ1) is 11.6. The van der Waals surface area contributed by atoms with Gasteiger partial charge in [0, 0.05) is 5.56 Å². The minimum absolute atomic E-state index is 0.255. The topological polar surface area (TPSA) is 30.7 Å². The zero-order valence-electron chi connectivity index (χ0n) is 10.4. The van der Waals surface area contributed by atoms with Crippen molar-refractivity contribution in [3.63, 3.8) is 0 Å². The van der Waals surface area contributed by atoms with E-state index in [0.717, 1.165) is 22.5 Å². The van der Waals surface area contributed by atoms with E-state index in [2.05, 4.69) is 10.3 Å². The first-order valence-corrected chi connectivity index (χ1v) is 5.98. The van der Waals surface area contributed by atoms with Gasteiger partial charge in [-0.15, -0.1) is 5.10 Å². The summed E-state index contributed by atoms with van der Waals surface area (Å²) in [6.07, 6.45) is 1.84. The van der Waals surface area contributed by atoms with Crippen LogP contribution in [0.2, 0.25) is 0 Å². The highest BCUT2D eigenvalue weighted by Gasteiger charge is 2.06. The second-order valence-corrected chi connectivity index (χ2v) is 4.34. The summed E-state index contributed by atoms with van der Waals surface area (Å²) >= 11 is 0. The van der Waals surface area contributed by atoms with Crippen LogP contribution in [0.25, 0.3) is 16.9 Å². The summed E-state index contributed by atoms with van der Waals surface area (Å²) < 4.78 is 14.6. The van der Waals surface area contributed by atoms with E-state index in [1.54, 1.807) is 16.8 Å². The van der Waals surface area contributed by atoms with Crippen LogP contribution in [-0.4, -0.2) is 15.0 Å². The van der Waals surface area contributed by atoms with E-state index in [-0.39, 0.29) is 5.82 Å². The number of nitrogens with zero attached hydrogens (tertiary/aromatic N) is 3. The highest BCUT2D eigenvalue weighted by atomic mass is 19.1. The predicted molar refractivity (Wildman–Crippen MR) is 71.5 cm³/mol. The molecular formula is C15H12FN3. The number of hydrogen-bond donors (Lipinski definition) is 0. The van der Waals surface area contributed by atoms with Crippen molar-refractivity contribution in [3.05, 3.63) is 66.1 Å². The van der Waals surface area contributed by atoms with Gasteiger partial charge in [0.05, 0.1) is 11.9 Å². The number of para-hydroxylation sites is 1. The molecule has 94 valence electrons. The third kappa shape index (κ3) is 2.25. The van der Waals surface area contributed by atoms with Crippen LogP contribution in [0.3, 0.4) is 0 Å². The summed E-state index contributed by atoms with van der Waals surface area (Å²) in [5.41, 5.74) is 3.69. The Balaban J connectivity index is 2.00. The van der Waals surface area contributed by atoms with Crippen LogP contribution in [0.1, 0.15) is 5.56 Å². The number of benzene rings is 2. The second-order valence-electron chi connectivity index (χ2n) is 4.34. The minimum atomic E-state index is -0.255. The van der Waals surface area contributed by atoms with Crippen molar-refractivity contribution >= 4 is 0 Å². The SMILES string of the molecule is Cc1ccccc1-n1cc(-c2ccc(F)cc2)nn1. The quantitative estimate of drug-likeness (QED) is 0.701. The van der Waals surface area contributed by atoms with Gasteiger partial charge in [-0.1, -0.05) is 23.4 Å². The number of halogens is 1. The summed E-state index contributed by atoms with van der Waals surface area (Å²) in [6.45, 7) is 2.02. The molecule has 0 saturated heterocycles. The monoisotopic (exact) mass is 253 g/mol. The Morgan fingerprint density at radius 2 is 1.74 bits per heavy atom. The fourth-order valence-corrected chi connectivity index (χ4v) is 1.95. The lowest BCUT2D eigenvalue weighted by Gasteiger charge is -2.03. The Kier molecular flexibility index (Phi) is 2.83. The van der Waals surface area contributed by atoms with Gasteiger partial charge in [-0.25, -0.2) is 9.07 Å². The molecule has 0 saturated carbocycles. The lowest BCUT2D eigenvalue weighted by atomic mass is 10.1. The van der Waals surface area contributed by atoms with Crippen molar-refractivity contribution in [3.8, 4) is 16.9 Å². The molecule has 4 heteroatoms. The van der Waals surface area contributed by atoms with Gasteiger partial charge in [-0.3, -0.25) is 0 Å². The van der Waals surface area contributed by atoms with Crippen LogP contribution in [0.4, 0.5) is 4.39 Å². The van der Waals surface area contributed by atoms with Gasteiger partial charge in [-0.05, 0) is 42.8 Å². The molecule has 0 N–H and O–H groups in total. The van der Waals surface area contributed by atoms with Crippen LogP contribution < -0.4 is 0 Å². The van der Waals surface area contributed by atoms with E-state index in [9.17, 15) is 4.39 Å². The Morgan fingerprint density at radius 1 is 1.00 bits per heavy atom. The molecule has 0 aliphatic rings. The molecule has 0 atom stereocenters. The highest BCUT2D eigenvalue weighted by molar-refractivity contribution is 5.58. The van der Waals surface area contributed by atoms with E-state index in [1.165, 1.54) is 12.1 Å². The van der Waals surface area contributed by atoms with E-state index < -0.39 is 0 Å². The lowest BCUT2D eigenvalue weighted by molar-refractivity contribution is 0.628. The van der Waals surface area contributed by atoms with Crippen LogP contribution in [0.15, 0.2) is 54.7 Å². The number of aromatic nitrogens is 3. The zero-order chi connectivity index (χ0) is 13.2. The van der Waals surface area contributed by atoms with Crippen molar-refractivity contribution < 1.29 is 4.39 Å². The molecule has 0 bridgehead atoms. The lowest BCUT2D eigenvalue weighted by Crippen LogP contribution is -1.96. The number of rotatable bonds is 2. The van der Waals surface area contributed by atoms with E-state index in [1.807, 2.05) is 37.4 Å². The second kappa shape index (κ2) is 4.65. The molecule has 2 aromatic carbocycles. The van der Waals surface area contributed by atoms with Crippen molar-refractivity contribution in [1.82, 2.24) is 15.0 Å². The molecule has 0 aliphatic heterocycles. The Hall–Kier alpha value is -2.49. The van der Waals surface area contributed by atoms with E-state index in [4.69, 9.17) is 0 Å². The van der Waals surface area contributed by atoms with Crippen LogP contribution in [0, 0.1) is 12.7 Å². The van der Waals surface area contributed by atoms with Gasteiger partial charge < -0.3 is 0 Å². The maximum absolute atomic E-state index is 12.9. The molecule has 0 fully saturated rings. The summed E-state index contributed by atoms with van der Waals surface area (Å²) in [5, 5.41) is 8.24. The molecule has 3 rings (SSSR count). The van der Waals surface area contributed by atoms with Crippen LogP contribution in [0.5, 0.6) is 0 Å². The summed E-state index contributed by atoms with van der Waals surface area (Å²) in [7, 11) is 0. The average molecular weight is 253 g/mol. The zero-order valence-corrected chi connectivity index (χ0v) is 10.4. The molecule has 0 aliphatic carbocycles. The van der Waals surface area contributed by atoms with Gasteiger partial charge >= 0.3 is 0 Å². The third-order valence-corrected chi connectivity index (χ3v) is 3.00. The molecular weight excluding hydrogens is 241 g/mol. The molecule has 0 radical (unpaired) electrons. The Labute approximate surface area is 110 Å². The van der Waals surface area contributed by atoms with Crippen molar-refractivity contribution in [1.29, 1.82) is 0 Å². The van der Waals surface area contributed by atoms with Crippen molar-refractivity contribution in [2.75, 3.05) is 0 Å². The molecule has 19 heavy (non-hydrogen) atoms. The van der Waals surface area contributed by atoms with Gasteiger partial charge in [0.2, 0.25) is 0 Å². The minimum Gasteiger partial charge on any atom is -0.220 e. The fourth-order valence-electron chi connectivity index (χ4n) is 1.95. The third-order valence-electron chi connectivity index (χ3n) is 3.00. The first-order chi connectivity index (χ1) is 9.24. The van der Waals surface area contributed by atoms with Gasteiger partial charge in [-0.2, -0.15) is 0 Å². The van der Waals surface area contributed by atoms with Crippen LogP contribution in [-0.2, 0) is 0 Å². The van der Waals surface area contributed by atoms with Gasteiger partial charge in [0.1, 0.15) is 11.5 Å². The normalized spacial score (nSPS) is 10.6. The predicted octanol–water partition coefficient (Wildman–Crippen LogP) is 3.38. The number of aryl methyl sites for hydroxylation is 1. The standard InChI is InChI=1S/C15H12FN3/c1-11-4-2-3-5-15(11)19-10-14(17-18-19)12-6-8-13(16)9-7-12/h2-10H,1H3. The summed E-state index contributed by atoms with van der Waals surface area (Å²) in [6, 6.07) is 14.2. The van der Waals surface area contributed by atoms with Gasteiger partial charge in [0.15, 0.2) is 0 Å². The molecule has 0 amide bonds.